The van der Waals surface area contributed by atoms with Crippen molar-refractivity contribution < 1.29 is 59.5 Å². The Morgan fingerprint density at radius 1 is 0.317 bits per heavy atom. The average molecular weight is 2080 g/mol. The Morgan fingerprint density at radius 2 is 0.621 bits per heavy atom. The van der Waals surface area contributed by atoms with Crippen molar-refractivity contribution in [2.45, 2.75) is 6.54 Å². The summed E-state index contributed by atoms with van der Waals surface area (Å²) in [5.41, 5.74) is 31.9. The van der Waals surface area contributed by atoms with Crippen molar-refractivity contribution in [3.63, 3.8) is 0 Å². The predicted molar refractivity (Wildman–Crippen MR) is 592 cm³/mol. The minimum atomic E-state index is -1.48. The van der Waals surface area contributed by atoms with Crippen molar-refractivity contribution in [2.24, 2.45) is 0 Å². The van der Waals surface area contributed by atoms with E-state index in [0.29, 0.717) is 17.6 Å². The van der Waals surface area contributed by atoms with E-state index in [4.69, 9.17) is 33.3 Å². The molecule has 2 N–H and O–H groups in total. The number of nitrogens with zero attached hydrogens (tertiary/aromatic N) is 5. The van der Waals surface area contributed by atoms with Crippen LogP contribution in [0.2, 0.25) is 0 Å². The largest absolute Gasteiger partial charge is 1.00 e. The molecule has 0 aliphatic rings. The molecule has 0 bridgehead atoms. The molecule has 0 fully saturated rings. The third-order valence-electron chi connectivity index (χ3n) is 24.7. The van der Waals surface area contributed by atoms with Gasteiger partial charge in [0.2, 0.25) is 12.3 Å². The zero-order valence-electron chi connectivity index (χ0n) is 78.9. The molecule has 16 aromatic carbocycles. The summed E-state index contributed by atoms with van der Waals surface area (Å²) in [6.07, 6.45) is 10.7. The van der Waals surface area contributed by atoms with Gasteiger partial charge in [0.05, 0.1) is 59.2 Å². The van der Waals surface area contributed by atoms with Crippen molar-refractivity contribution in [2.75, 3.05) is 14.2 Å². The van der Waals surface area contributed by atoms with Crippen molar-refractivity contribution in [3.8, 4) is 146 Å². The van der Waals surface area contributed by atoms with Crippen LogP contribution in [-0.2, 0) is 6.54 Å². The van der Waals surface area contributed by atoms with Gasteiger partial charge in [-0.3, -0.25) is 19.6 Å². The molecule has 0 aliphatic heterocycles. The lowest BCUT2D eigenvalue weighted by molar-refractivity contribution is -0.683. The van der Waals surface area contributed by atoms with Gasteiger partial charge >= 0.3 is 7.12 Å². The van der Waals surface area contributed by atoms with Crippen LogP contribution in [0.5, 0.6) is 11.5 Å². The number of carbonyl (C=O) groups excluding carboxylic acids is 2. The Morgan fingerprint density at radius 3 is 0.966 bits per heavy atom. The highest BCUT2D eigenvalue weighted by Gasteiger charge is 2.21. The molecule has 0 aliphatic carbocycles. The number of fused-ring (bicyclic) bond motifs is 6. The topological polar surface area (TPSA) is 175 Å². The summed E-state index contributed by atoms with van der Waals surface area (Å²) in [4.78, 5) is 43.3. The summed E-state index contributed by atoms with van der Waals surface area (Å²) in [6.45, 7) is 0.394. The van der Waals surface area contributed by atoms with Gasteiger partial charge in [0, 0.05) is 88.8 Å². The number of carbonyl (C=O) groups is 2. The molecule has 0 saturated heterocycles. The standard InChI is InChI=1S/C47H32N2O2.C29H20BrN.C21H15BrO.C18H14BNO4.C13H12NO.BrH/c1-50-40-24-25-44-41(30-40)46-45(51-44)26-27-48-47(46)38-22-20-34(21-23-38)32-14-12-31(13-15-32)33-16-18-35(19-17-33)39-28-42(36-8-4-2-5-9-36)49-43(29-39)37-10-6-3-7-11-37;30-27-17-15-22(16-18-27)21-11-13-23(14-12-21)26-19-28(24-7-3-1-4-8-24)31-29(20-26)25-9-5-2-6-10-25;22-20-13-11-18(12-14-20)17-7-9-19(10-8-17)21(23)15-6-16-4-2-1-3-5-16;1-23-13-6-7-15-14(10-13)17-16(24-15)8-9-20-18(17)11-2-4-12(5-3-11)19(21)22;15-13(12-7-3-1-4-8-12)11-14-9-5-2-6-10-14;/h2-30H,1H3;1-20H;1-15H;2-10,21-22H,1H3;1-10H,11H2;1H/q;;;;+1;/p-1/b;;15-6+;;;. The molecule has 23 rings (SSSR count). The summed E-state index contributed by atoms with van der Waals surface area (Å²) in [5, 5.41) is 22.3. The molecule has 7 heterocycles. The number of furan rings is 2. The second-order valence-corrected chi connectivity index (χ2v) is 35.9. The third-order valence-corrected chi connectivity index (χ3v) is 25.7. The zero-order chi connectivity index (χ0) is 98.5. The molecule has 23 aromatic rings. The highest BCUT2D eigenvalue weighted by molar-refractivity contribution is 9.10. The van der Waals surface area contributed by atoms with Crippen molar-refractivity contribution in [1.82, 2.24) is 19.9 Å². The van der Waals surface area contributed by atoms with Crippen LogP contribution in [0.1, 0.15) is 26.3 Å². The minimum absolute atomic E-state index is 0. The molecule has 0 unspecified atom stereocenters. The van der Waals surface area contributed by atoms with Gasteiger partial charge in [-0.25, -0.2) is 9.97 Å². The van der Waals surface area contributed by atoms with Crippen LogP contribution in [0, 0.1) is 0 Å². The Balaban J connectivity index is 0.000000127. The molecule has 17 heteroatoms. The quantitative estimate of drug-likeness (QED) is 0.0302. The van der Waals surface area contributed by atoms with Crippen molar-refractivity contribution in [1.29, 1.82) is 0 Å². The smallest absolute Gasteiger partial charge is 0.488 e. The molecule has 0 atom stereocenters. The summed E-state index contributed by atoms with van der Waals surface area (Å²) >= 11 is 6.94. The van der Waals surface area contributed by atoms with E-state index in [1.54, 1.807) is 44.8 Å². The van der Waals surface area contributed by atoms with E-state index >= 15 is 0 Å². The van der Waals surface area contributed by atoms with Gasteiger partial charge in [-0.2, -0.15) is 4.57 Å². The molecule has 0 amide bonds. The number of ether oxygens (including phenoxy) is 2. The second kappa shape index (κ2) is 47.0. The van der Waals surface area contributed by atoms with Crippen LogP contribution < -0.4 is 36.5 Å². The summed E-state index contributed by atoms with van der Waals surface area (Å²) < 4.78 is 26.8. The summed E-state index contributed by atoms with van der Waals surface area (Å²) in [5.74, 6) is 1.68. The molecule has 702 valence electrons. The van der Waals surface area contributed by atoms with Gasteiger partial charge < -0.3 is 45.3 Å². The number of hydrogen-bond acceptors (Lipinski definition) is 12. The fourth-order valence-corrected chi connectivity index (χ4v) is 17.6. The molecular weight excluding hydrogens is 1990 g/mol. The van der Waals surface area contributed by atoms with E-state index in [0.717, 1.165) is 182 Å². The lowest BCUT2D eigenvalue weighted by Gasteiger charge is -2.11. The first kappa shape index (κ1) is 98.2. The number of halogens is 3. The number of ketones is 2. The lowest BCUT2D eigenvalue weighted by Crippen LogP contribution is -3.00. The Kier molecular flexibility index (Phi) is 31.8. The fourth-order valence-electron chi connectivity index (χ4n) is 17.1. The predicted octanol–water partition coefficient (Wildman–Crippen LogP) is 28.1. The van der Waals surface area contributed by atoms with Gasteiger partial charge in [-0.1, -0.05) is 396 Å². The van der Waals surface area contributed by atoms with Gasteiger partial charge in [-0.05, 0) is 181 Å². The third kappa shape index (κ3) is 24.2. The van der Waals surface area contributed by atoms with E-state index in [-0.39, 0.29) is 28.5 Å². The van der Waals surface area contributed by atoms with Crippen LogP contribution in [0.4, 0.5) is 0 Å². The van der Waals surface area contributed by atoms with Gasteiger partial charge in [0.1, 0.15) is 33.8 Å². The SMILES string of the molecule is Brc1ccc(-c2ccc(-c3cc(-c4ccccc4)nc(-c4ccccc4)c3)cc2)cc1.COc1ccc2oc3ccnc(-c4ccc(-c5ccc(-c6ccc(-c7cc(-c8ccccc8)nc(-c8ccccc8)c7)cc6)cc5)cc4)c3c2c1.COc1ccc2oc3ccnc(-c4ccc(B(O)O)cc4)c3c2c1.O=C(/C=C/c1ccccc1)c1ccc(-c2ccc(Br)cc2)cc1.O=C(C[n+]1ccccc1)c1ccccc1.[Br-]. The molecule has 13 nitrogen and oxygen atoms in total. The Hall–Kier alpha value is -17.0. The number of rotatable bonds is 21. The normalized spacial score (nSPS) is 10.8. The number of Topliss-reactive ketones (excluding diaryl/α,β-unsaturated/α-hetero) is 1. The maximum atomic E-state index is 12.2. The second-order valence-electron chi connectivity index (χ2n) is 34.1. The van der Waals surface area contributed by atoms with Gasteiger partial charge in [0.25, 0.3) is 0 Å². The van der Waals surface area contributed by atoms with E-state index in [1.165, 1.54) is 27.8 Å². The van der Waals surface area contributed by atoms with Crippen LogP contribution in [0.15, 0.2) is 516 Å². The monoisotopic (exact) mass is 2080 g/mol. The maximum absolute atomic E-state index is 12.2. The highest BCUT2D eigenvalue weighted by Crippen LogP contribution is 2.42. The Labute approximate surface area is 868 Å². The van der Waals surface area contributed by atoms with Crippen molar-refractivity contribution in [3.05, 3.63) is 524 Å². The number of pyridine rings is 5. The van der Waals surface area contributed by atoms with Crippen LogP contribution in [0.3, 0.4) is 0 Å². The van der Waals surface area contributed by atoms with Crippen molar-refractivity contribution >= 4 is 106 Å². The van der Waals surface area contributed by atoms with Gasteiger partial charge in [-0.15, -0.1) is 0 Å². The van der Waals surface area contributed by atoms with Crippen LogP contribution in [-0.4, -0.2) is 62.9 Å². The molecular formula is C128H93BBr3N5O8. The number of aromatic nitrogens is 5. The van der Waals surface area contributed by atoms with Gasteiger partial charge in [0.15, 0.2) is 18.2 Å². The first-order valence-corrected chi connectivity index (χ1v) is 48.6. The molecule has 0 spiro atoms. The molecule has 0 radical (unpaired) electrons. The van der Waals surface area contributed by atoms with Crippen LogP contribution in [0.25, 0.3) is 184 Å². The molecule has 7 aromatic heterocycles. The van der Waals surface area contributed by atoms with E-state index in [2.05, 4.69) is 292 Å². The first-order valence-electron chi connectivity index (χ1n) is 47.0. The lowest BCUT2D eigenvalue weighted by atomic mass is 9.80. The summed E-state index contributed by atoms with van der Waals surface area (Å²) in [7, 11) is 1.82. The molecule has 145 heavy (non-hydrogen) atoms. The van der Waals surface area contributed by atoms with E-state index in [1.807, 2.05) is 223 Å². The number of allylic oxidation sites excluding steroid dienone is 1. The number of hydrogen-bond donors (Lipinski definition) is 2. The minimum Gasteiger partial charge on any atom is -1.00 e. The zero-order valence-corrected chi connectivity index (χ0v) is 83.7. The average Bonchev–Trinajstić information content (AvgIpc) is 1.60. The number of methoxy groups -OCH3 is 2. The van der Waals surface area contributed by atoms with E-state index < -0.39 is 7.12 Å². The first-order chi connectivity index (χ1) is 70.7. The Bertz CT molecular complexity index is 8240. The highest BCUT2D eigenvalue weighted by atomic mass is 79.9. The van der Waals surface area contributed by atoms with E-state index in [9.17, 15) is 19.6 Å². The summed E-state index contributed by atoms with van der Waals surface area (Å²) in [6, 6.07) is 156. The molecule has 0 saturated carbocycles. The van der Waals surface area contributed by atoms with Crippen LogP contribution >= 0.6 is 31.9 Å². The maximum Gasteiger partial charge on any atom is 0.488 e. The fraction of sp³-hybridized carbons (Fsp3) is 0.0234. The number of benzene rings is 16.